The van der Waals surface area contributed by atoms with Gasteiger partial charge in [-0.25, -0.2) is 4.98 Å². The number of nitro groups is 1. The second-order valence-electron chi connectivity index (χ2n) is 5.77. The molecule has 1 aromatic heterocycles. The van der Waals surface area contributed by atoms with E-state index in [9.17, 15) is 14.9 Å². The van der Waals surface area contributed by atoms with Crippen molar-refractivity contribution in [2.45, 2.75) is 18.9 Å². The Balaban J connectivity index is 1.61. The number of rotatable bonds is 5. The van der Waals surface area contributed by atoms with Gasteiger partial charge in [0, 0.05) is 44.3 Å². The molecule has 136 valence electrons. The number of carbonyl (C=O) groups is 1. The van der Waals surface area contributed by atoms with Crippen molar-refractivity contribution >= 4 is 11.6 Å². The summed E-state index contributed by atoms with van der Waals surface area (Å²) in [5.41, 5.74) is -0.0682. The van der Waals surface area contributed by atoms with Gasteiger partial charge in [-0.1, -0.05) is 12.1 Å². The largest absolute Gasteiger partial charge is 0.474 e. The smallest absolute Gasteiger partial charge is 0.319 e. The fourth-order valence-corrected chi connectivity index (χ4v) is 2.82. The second-order valence-corrected chi connectivity index (χ2v) is 5.77. The fourth-order valence-electron chi connectivity index (χ4n) is 2.82. The van der Waals surface area contributed by atoms with E-state index in [-0.39, 0.29) is 29.3 Å². The Hall–Kier alpha value is -3.23. The normalized spacial score (nSPS) is 14.7. The monoisotopic (exact) mass is 358 g/mol. The summed E-state index contributed by atoms with van der Waals surface area (Å²) in [5, 5.41) is 11.1. The molecule has 0 unspecified atom stereocenters. The predicted octanol–water partition coefficient (Wildman–Crippen LogP) is 2.08. The lowest BCUT2D eigenvalue weighted by Crippen LogP contribution is -2.42. The number of nitrogens with zero attached hydrogens (tertiary/aromatic N) is 4. The third kappa shape index (κ3) is 3.88. The average Bonchev–Trinajstić information content (AvgIpc) is 2.68. The number of amides is 1. The van der Waals surface area contributed by atoms with Crippen LogP contribution in [0.25, 0.3) is 0 Å². The van der Waals surface area contributed by atoms with Gasteiger partial charge >= 0.3 is 6.01 Å². The summed E-state index contributed by atoms with van der Waals surface area (Å²) in [6.07, 6.45) is 2.68. The van der Waals surface area contributed by atoms with Crippen molar-refractivity contribution in [2.75, 3.05) is 20.2 Å². The Bertz CT molecular complexity index is 805. The van der Waals surface area contributed by atoms with Gasteiger partial charge in [-0.3, -0.25) is 14.9 Å². The molecule has 0 N–H and O–H groups in total. The number of para-hydroxylation sites is 1. The van der Waals surface area contributed by atoms with Gasteiger partial charge in [-0.2, -0.15) is 4.98 Å². The van der Waals surface area contributed by atoms with Crippen LogP contribution in [-0.4, -0.2) is 52.0 Å². The molecular formula is C17H18N4O5. The van der Waals surface area contributed by atoms with E-state index < -0.39 is 4.92 Å². The molecule has 1 fully saturated rings. The predicted molar refractivity (Wildman–Crippen MR) is 91.2 cm³/mol. The number of hydrogen-bond acceptors (Lipinski definition) is 7. The van der Waals surface area contributed by atoms with Gasteiger partial charge in [0.25, 0.3) is 11.6 Å². The molecule has 1 aliphatic rings. The zero-order valence-corrected chi connectivity index (χ0v) is 14.2. The van der Waals surface area contributed by atoms with E-state index in [2.05, 4.69) is 9.97 Å². The Morgan fingerprint density at radius 2 is 2.00 bits per heavy atom. The molecule has 0 radical (unpaired) electrons. The minimum absolute atomic E-state index is 0.0931. The molecule has 3 rings (SSSR count). The molecule has 1 aromatic carbocycles. The average molecular weight is 358 g/mol. The molecule has 1 saturated heterocycles. The number of nitro benzene ring substituents is 1. The third-order valence-electron chi connectivity index (χ3n) is 4.14. The highest BCUT2D eigenvalue weighted by molar-refractivity contribution is 5.98. The van der Waals surface area contributed by atoms with E-state index >= 15 is 0 Å². The number of aromatic nitrogens is 2. The van der Waals surface area contributed by atoms with Crippen molar-refractivity contribution in [2.24, 2.45) is 0 Å². The summed E-state index contributed by atoms with van der Waals surface area (Å²) >= 11 is 0. The van der Waals surface area contributed by atoms with Crippen LogP contribution in [0.1, 0.15) is 23.2 Å². The molecule has 2 aromatic rings. The quantitative estimate of drug-likeness (QED) is 0.595. The van der Waals surface area contributed by atoms with Crippen molar-refractivity contribution in [3.8, 4) is 11.9 Å². The molecule has 1 amide bonds. The van der Waals surface area contributed by atoms with Gasteiger partial charge in [0.05, 0.1) is 12.0 Å². The van der Waals surface area contributed by atoms with Gasteiger partial charge in [0.15, 0.2) is 0 Å². The van der Waals surface area contributed by atoms with Crippen LogP contribution in [0.2, 0.25) is 0 Å². The lowest BCUT2D eigenvalue weighted by atomic mass is 10.1. The second kappa shape index (κ2) is 7.77. The third-order valence-corrected chi connectivity index (χ3v) is 4.14. The maximum atomic E-state index is 12.6. The summed E-state index contributed by atoms with van der Waals surface area (Å²) in [4.78, 5) is 32.8. The minimum atomic E-state index is -0.536. The van der Waals surface area contributed by atoms with Gasteiger partial charge < -0.3 is 14.4 Å². The van der Waals surface area contributed by atoms with Gasteiger partial charge in [-0.15, -0.1) is 0 Å². The highest BCUT2D eigenvalue weighted by Crippen LogP contribution is 2.23. The van der Waals surface area contributed by atoms with Crippen molar-refractivity contribution in [1.82, 2.24) is 14.9 Å². The lowest BCUT2D eigenvalue weighted by Gasteiger charge is -2.31. The van der Waals surface area contributed by atoms with Gasteiger partial charge in [0.1, 0.15) is 11.7 Å². The molecule has 0 bridgehead atoms. The van der Waals surface area contributed by atoms with Crippen molar-refractivity contribution in [3.05, 3.63) is 52.2 Å². The Kier molecular flexibility index (Phi) is 5.26. The van der Waals surface area contributed by atoms with E-state index in [0.717, 1.165) is 0 Å². The lowest BCUT2D eigenvalue weighted by molar-refractivity contribution is -0.385. The first-order valence-corrected chi connectivity index (χ1v) is 8.15. The number of benzene rings is 1. The molecule has 0 spiro atoms. The molecular weight excluding hydrogens is 340 g/mol. The topological polar surface area (TPSA) is 108 Å². The molecule has 9 nitrogen and oxygen atoms in total. The summed E-state index contributed by atoms with van der Waals surface area (Å²) in [5.74, 6) is 0.0831. The zero-order valence-electron chi connectivity index (χ0n) is 14.2. The maximum absolute atomic E-state index is 12.6. The number of carbonyl (C=O) groups excluding carboxylic acids is 1. The summed E-state index contributed by atoms with van der Waals surface area (Å²) in [7, 11) is 1.48. The van der Waals surface area contributed by atoms with Crippen LogP contribution in [0, 0.1) is 10.1 Å². The summed E-state index contributed by atoms with van der Waals surface area (Å²) in [6, 6.07) is 7.87. The highest BCUT2D eigenvalue weighted by atomic mass is 16.6. The standard InChI is InChI=1S/C17H18N4O5/c1-25-17-18-9-6-15(19-17)26-12-7-10-20(11-8-12)16(22)13-4-2-3-5-14(13)21(23)24/h2-6,9,12H,7-8,10-11H2,1H3. The van der Waals surface area contributed by atoms with Crippen LogP contribution < -0.4 is 9.47 Å². The zero-order chi connectivity index (χ0) is 18.5. The first-order valence-electron chi connectivity index (χ1n) is 8.15. The first-order chi connectivity index (χ1) is 12.6. The number of likely N-dealkylation sites (tertiary alicyclic amines) is 1. The minimum Gasteiger partial charge on any atom is -0.474 e. The van der Waals surface area contributed by atoms with E-state index in [4.69, 9.17) is 9.47 Å². The number of methoxy groups -OCH3 is 1. The molecule has 9 heteroatoms. The number of piperidine rings is 1. The Morgan fingerprint density at radius 1 is 1.27 bits per heavy atom. The van der Waals surface area contributed by atoms with Gasteiger partial charge in [-0.05, 0) is 6.07 Å². The molecule has 0 atom stereocenters. The number of ether oxygens (including phenoxy) is 2. The van der Waals surface area contributed by atoms with Crippen molar-refractivity contribution in [1.29, 1.82) is 0 Å². The van der Waals surface area contributed by atoms with E-state index in [1.165, 1.54) is 19.2 Å². The molecule has 26 heavy (non-hydrogen) atoms. The van der Waals surface area contributed by atoms with Crippen LogP contribution in [0.15, 0.2) is 36.5 Å². The van der Waals surface area contributed by atoms with E-state index in [1.54, 1.807) is 29.3 Å². The van der Waals surface area contributed by atoms with E-state index in [0.29, 0.717) is 31.8 Å². The summed E-state index contributed by atoms with van der Waals surface area (Å²) in [6.45, 7) is 0.912. The molecule has 1 aliphatic heterocycles. The van der Waals surface area contributed by atoms with E-state index in [1.807, 2.05) is 0 Å². The Morgan fingerprint density at radius 3 is 2.69 bits per heavy atom. The Labute approximate surface area is 149 Å². The van der Waals surface area contributed by atoms with Crippen LogP contribution in [0.4, 0.5) is 5.69 Å². The van der Waals surface area contributed by atoms with Crippen molar-refractivity contribution in [3.63, 3.8) is 0 Å². The highest BCUT2D eigenvalue weighted by Gasteiger charge is 2.28. The molecule has 0 saturated carbocycles. The SMILES string of the molecule is COc1nccc(OC2CCN(C(=O)c3ccccc3[N+](=O)[O-])CC2)n1. The van der Waals surface area contributed by atoms with Gasteiger partial charge in [0.2, 0.25) is 5.88 Å². The maximum Gasteiger partial charge on any atom is 0.319 e. The van der Waals surface area contributed by atoms with Crippen molar-refractivity contribution < 1.29 is 19.2 Å². The number of hydrogen-bond donors (Lipinski definition) is 0. The molecule has 2 heterocycles. The first kappa shape index (κ1) is 17.6. The van der Waals surface area contributed by atoms with Crippen LogP contribution >= 0.6 is 0 Å². The summed E-state index contributed by atoms with van der Waals surface area (Å²) < 4.78 is 10.8. The van der Waals surface area contributed by atoms with Crippen LogP contribution in [-0.2, 0) is 0 Å². The fraction of sp³-hybridized carbons (Fsp3) is 0.353. The van der Waals surface area contributed by atoms with Crippen LogP contribution in [0.5, 0.6) is 11.9 Å². The molecule has 0 aliphatic carbocycles. The van der Waals surface area contributed by atoms with Crippen LogP contribution in [0.3, 0.4) is 0 Å².